The van der Waals surface area contributed by atoms with Crippen LogP contribution in [0.1, 0.15) is 17.4 Å². The highest BCUT2D eigenvalue weighted by molar-refractivity contribution is 14.1. The van der Waals surface area contributed by atoms with Crippen molar-refractivity contribution in [3.8, 4) is 0 Å². The molecule has 1 nitrogen and oxygen atoms in total. The Morgan fingerprint density at radius 1 is 1.46 bits per heavy atom. The van der Waals surface area contributed by atoms with E-state index in [1.165, 1.54) is 0 Å². The van der Waals surface area contributed by atoms with Crippen molar-refractivity contribution in [2.24, 2.45) is 0 Å². The minimum absolute atomic E-state index is 0.100. The van der Waals surface area contributed by atoms with E-state index in [0.717, 1.165) is 32.8 Å². The molecular weight excluding hydrogens is 320 g/mol. The number of alkyl halides is 1. The van der Waals surface area contributed by atoms with Crippen molar-refractivity contribution in [1.29, 1.82) is 0 Å². The summed E-state index contributed by atoms with van der Waals surface area (Å²) in [4.78, 5) is 0. The molecule has 1 atom stereocenters. The SMILES string of the molecule is Clc1cc(I)cc2c1NCCC2Cl. The smallest absolute Gasteiger partial charge is 0.0651 e. The molecule has 0 saturated carbocycles. The normalized spacial score (nSPS) is 20.7. The fourth-order valence-corrected chi connectivity index (χ4v) is 2.91. The monoisotopic (exact) mass is 327 g/mol. The van der Waals surface area contributed by atoms with E-state index in [0.29, 0.717) is 0 Å². The van der Waals surface area contributed by atoms with E-state index in [1.807, 2.05) is 6.07 Å². The molecular formula is C9H8Cl2IN. The Morgan fingerprint density at radius 3 is 3.00 bits per heavy atom. The van der Waals surface area contributed by atoms with Crippen LogP contribution in [0.4, 0.5) is 5.69 Å². The Bertz CT molecular complexity index is 341. The van der Waals surface area contributed by atoms with Crippen molar-refractivity contribution in [3.05, 3.63) is 26.3 Å². The maximum Gasteiger partial charge on any atom is 0.0651 e. The molecule has 0 spiro atoms. The molecule has 2 rings (SSSR count). The Labute approximate surface area is 101 Å². The molecule has 1 aliphatic rings. The highest BCUT2D eigenvalue weighted by Gasteiger charge is 2.20. The van der Waals surface area contributed by atoms with E-state index >= 15 is 0 Å². The van der Waals surface area contributed by atoms with Gasteiger partial charge in [0.2, 0.25) is 0 Å². The fraction of sp³-hybridized carbons (Fsp3) is 0.333. The molecule has 0 radical (unpaired) electrons. The second kappa shape index (κ2) is 3.83. The number of fused-ring (bicyclic) bond motifs is 1. The predicted molar refractivity (Wildman–Crippen MR) is 65.9 cm³/mol. The molecule has 0 bridgehead atoms. The molecule has 1 heterocycles. The van der Waals surface area contributed by atoms with Gasteiger partial charge in [-0.05, 0) is 46.7 Å². The summed E-state index contributed by atoms with van der Waals surface area (Å²) >= 11 is 14.5. The van der Waals surface area contributed by atoms with Crippen LogP contribution in [-0.4, -0.2) is 6.54 Å². The van der Waals surface area contributed by atoms with Gasteiger partial charge in [0.1, 0.15) is 0 Å². The molecule has 1 N–H and O–H groups in total. The van der Waals surface area contributed by atoms with Crippen LogP contribution < -0.4 is 5.32 Å². The van der Waals surface area contributed by atoms with E-state index < -0.39 is 0 Å². The van der Waals surface area contributed by atoms with Gasteiger partial charge < -0.3 is 5.32 Å². The summed E-state index contributed by atoms with van der Waals surface area (Å²) in [5.41, 5.74) is 2.14. The molecule has 0 amide bonds. The van der Waals surface area contributed by atoms with Crippen molar-refractivity contribution < 1.29 is 0 Å². The molecule has 1 aromatic rings. The lowest BCUT2D eigenvalue weighted by molar-refractivity contribution is 0.801. The highest BCUT2D eigenvalue weighted by atomic mass is 127. The van der Waals surface area contributed by atoms with Crippen LogP contribution in [0.25, 0.3) is 0 Å². The third-order valence-corrected chi connectivity index (χ3v) is 3.50. The first-order valence-electron chi connectivity index (χ1n) is 4.05. The average molecular weight is 328 g/mol. The van der Waals surface area contributed by atoms with Crippen molar-refractivity contribution in [3.63, 3.8) is 0 Å². The first kappa shape index (κ1) is 9.87. The van der Waals surface area contributed by atoms with Gasteiger partial charge in [0, 0.05) is 10.1 Å². The van der Waals surface area contributed by atoms with Crippen LogP contribution in [0.15, 0.2) is 12.1 Å². The van der Waals surface area contributed by atoms with Crippen LogP contribution >= 0.6 is 45.8 Å². The molecule has 13 heavy (non-hydrogen) atoms. The summed E-state index contributed by atoms with van der Waals surface area (Å²) in [6.45, 7) is 0.904. The molecule has 0 aliphatic carbocycles. The zero-order valence-corrected chi connectivity index (χ0v) is 10.4. The van der Waals surface area contributed by atoms with Crippen LogP contribution in [0.3, 0.4) is 0 Å². The lowest BCUT2D eigenvalue weighted by Crippen LogP contribution is -2.14. The van der Waals surface area contributed by atoms with E-state index in [1.54, 1.807) is 0 Å². The van der Waals surface area contributed by atoms with Crippen molar-refractivity contribution in [2.75, 3.05) is 11.9 Å². The third-order valence-electron chi connectivity index (χ3n) is 2.12. The molecule has 0 fully saturated rings. The summed E-state index contributed by atoms with van der Waals surface area (Å²) in [6, 6.07) is 4.04. The van der Waals surface area contributed by atoms with Crippen molar-refractivity contribution in [1.82, 2.24) is 0 Å². The van der Waals surface area contributed by atoms with Crippen LogP contribution in [0.5, 0.6) is 0 Å². The van der Waals surface area contributed by atoms with E-state index in [2.05, 4.69) is 34.0 Å². The van der Waals surface area contributed by atoms with Gasteiger partial charge in [-0.15, -0.1) is 11.6 Å². The molecule has 1 aromatic carbocycles. The molecule has 0 aromatic heterocycles. The fourth-order valence-electron chi connectivity index (χ4n) is 1.51. The van der Waals surface area contributed by atoms with Gasteiger partial charge in [-0.2, -0.15) is 0 Å². The first-order chi connectivity index (χ1) is 6.18. The second-order valence-corrected chi connectivity index (χ2v) is 5.21. The molecule has 0 saturated heterocycles. The van der Waals surface area contributed by atoms with Gasteiger partial charge in [-0.25, -0.2) is 0 Å². The number of rotatable bonds is 0. The number of benzene rings is 1. The van der Waals surface area contributed by atoms with E-state index in [-0.39, 0.29) is 5.38 Å². The van der Waals surface area contributed by atoms with Crippen molar-refractivity contribution in [2.45, 2.75) is 11.8 Å². The topological polar surface area (TPSA) is 12.0 Å². The lowest BCUT2D eigenvalue weighted by atomic mass is 10.0. The Kier molecular flexibility index (Phi) is 2.91. The number of halogens is 3. The number of hydrogen-bond acceptors (Lipinski definition) is 1. The predicted octanol–water partition coefficient (Wildman–Crippen LogP) is 4.04. The zero-order valence-electron chi connectivity index (χ0n) is 6.78. The minimum Gasteiger partial charge on any atom is -0.384 e. The number of hydrogen-bond donors (Lipinski definition) is 1. The van der Waals surface area contributed by atoms with E-state index in [4.69, 9.17) is 23.2 Å². The quantitative estimate of drug-likeness (QED) is 0.560. The maximum absolute atomic E-state index is 6.19. The molecule has 1 unspecified atom stereocenters. The van der Waals surface area contributed by atoms with E-state index in [9.17, 15) is 0 Å². The second-order valence-electron chi connectivity index (χ2n) is 3.03. The summed E-state index contributed by atoms with van der Waals surface area (Å²) in [6.07, 6.45) is 0.963. The van der Waals surface area contributed by atoms with Gasteiger partial charge in [0.25, 0.3) is 0 Å². The standard InChI is InChI=1S/C9H8Cl2IN/c10-7-1-2-13-9-6(7)3-5(12)4-8(9)11/h3-4,7,13H,1-2H2. The van der Waals surface area contributed by atoms with Gasteiger partial charge in [-0.3, -0.25) is 0 Å². The van der Waals surface area contributed by atoms with Crippen LogP contribution in [0, 0.1) is 3.57 Å². The first-order valence-corrected chi connectivity index (χ1v) is 5.94. The Hall–Kier alpha value is 0.330. The maximum atomic E-state index is 6.19. The molecule has 70 valence electrons. The summed E-state index contributed by atoms with van der Waals surface area (Å²) in [7, 11) is 0. The van der Waals surface area contributed by atoms with Gasteiger partial charge in [-0.1, -0.05) is 11.6 Å². The number of nitrogens with one attached hydrogen (secondary N) is 1. The highest BCUT2D eigenvalue weighted by Crippen LogP contribution is 2.39. The summed E-state index contributed by atoms with van der Waals surface area (Å²) < 4.78 is 1.13. The average Bonchev–Trinajstić information content (AvgIpc) is 2.07. The Balaban J connectivity index is 2.56. The van der Waals surface area contributed by atoms with Gasteiger partial charge in [0.05, 0.1) is 16.1 Å². The largest absolute Gasteiger partial charge is 0.384 e. The Morgan fingerprint density at radius 2 is 2.23 bits per heavy atom. The summed E-state index contributed by atoms with van der Waals surface area (Å²) in [5.74, 6) is 0. The summed E-state index contributed by atoms with van der Waals surface area (Å²) in [5, 5.41) is 4.14. The third kappa shape index (κ3) is 1.90. The van der Waals surface area contributed by atoms with Crippen LogP contribution in [0.2, 0.25) is 5.02 Å². The van der Waals surface area contributed by atoms with Gasteiger partial charge in [0.15, 0.2) is 0 Å². The zero-order chi connectivity index (χ0) is 9.42. The minimum atomic E-state index is 0.100. The molecule has 4 heteroatoms. The molecule has 1 aliphatic heterocycles. The lowest BCUT2D eigenvalue weighted by Gasteiger charge is -2.23. The van der Waals surface area contributed by atoms with Crippen molar-refractivity contribution >= 4 is 51.5 Å². The van der Waals surface area contributed by atoms with Gasteiger partial charge >= 0.3 is 0 Å². The van der Waals surface area contributed by atoms with Crippen LogP contribution in [-0.2, 0) is 0 Å². The number of anilines is 1.